The van der Waals surface area contributed by atoms with Crippen LogP contribution in [0.4, 0.5) is 0 Å². The third-order valence-corrected chi connectivity index (χ3v) is 4.72. The summed E-state index contributed by atoms with van der Waals surface area (Å²) in [5.74, 6) is -1.35. The molecule has 0 amide bonds. The zero-order valence-corrected chi connectivity index (χ0v) is 18.8. The molecule has 0 fully saturated rings. The van der Waals surface area contributed by atoms with Crippen molar-refractivity contribution in [3.05, 3.63) is 97.1 Å². The van der Waals surface area contributed by atoms with Gasteiger partial charge in [0.2, 0.25) is 0 Å². The second-order valence-electron chi connectivity index (χ2n) is 6.75. The van der Waals surface area contributed by atoms with Crippen molar-refractivity contribution in [1.29, 1.82) is 0 Å². The molecule has 0 saturated carbocycles. The van der Waals surface area contributed by atoms with Gasteiger partial charge in [-0.25, -0.2) is 14.4 Å². The predicted molar refractivity (Wildman–Crippen MR) is 127 cm³/mol. The molecule has 0 aromatic heterocycles. The predicted octanol–water partition coefficient (Wildman–Crippen LogP) is 5.58. The number of carbonyl (C=O) groups is 3. The molecule has 0 bridgehead atoms. The Bertz CT molecular complexity index is 1100. The standard InChI is InChI=1S/C27H26O6/c1-6-18(7-2)27(19-11-14-21(15-12-19)31-24(28)8-3)20-13-16-22(32-25(29)9-4)23(17-20)33-26(30)10-5/h8-17H,3-7H2,1-2H3. The first-order valence-electron chi connectivity index (χ1n) is 10.4. The zero-order valence-electron chi connectivity index (χ0n) is 18.8. The minimum Gasteiger partial charge on any atom is -0.423 e. The van der Waals surface area contributed by atoms with E-state index in [4.69, 9.17) is 14.2 Å². The van der Waals surface area contributed by atoms with Gasteiger partial charge in [0.1, 0.15) is 5.75 Å². The Kier molecular flexibility index (Phi) is 9.12. The van der Waals surface area contributed by atoms with Gasteiger partial charge in [-0.3, -0.25) is 0 Å². The summed E-state index contributed by atoms with van der Waals surface area (Å²) >= 11 is 0. The molecule has 0 aliphatic carbocycles. The van der Waals surface area contributed by atoms with Crippen LogP contribution in [-0.2, 0) is 14.4 Å². The highest BCUT2D eigenvalue weighted by Crippen LogP contribution is 2.37. The molecule has 0 atom stereocenters. The molecular weight excluding hydrogens is 420 g/mol. The molecule has 33 heavy (non-hydrogen) atoms. The molecule has 170 valence electrons. The van der Waals surface area contributed by atoms with Crippen molar-refractivity contribution in [2.75, 3.05) is 0 Å². The van der Waals surface area contributed by atoms with E-state index in [9.17, 15) is 14.4 Å². The molecule has 0 radical (unpaired) electrons. The van der Waals surface area contributed by atoms with Crippen molar-refractivity contribution in [3.8, 4) is 17.2 Å². The molecule has 2 aromatic rings. The van der Waals surface area contributed by atoms with Crippen LogP contribution in [0.3, 0.4) is 0 Å². The Morgan fingerprint density at radius 3 is 1.70 bits per heavy atom. The van der Waals surface area contributed by atoms with Crippen LogP contribution in [0.2, 0.25) is 0 Å². The molecule has 0 N–H and O–H groups in total. The maximum Gasteiger partial charge on any atom is 0.335 e. The van der Waals surface area contributed by atoms with E-state index in [1.807, 2.05) is 12.1 Å². The van der Waals surface area contributed by atoms with Crippen LogP contribution in [0.25, 0.3) is 5.57 Å². The molecule has 6 nitrogen and oxygen atoms in total. The highest BCUT2D eigenvalue weighted by molar-refractivity contribution is 5.88. The van der Waals surface area contributed by atoms with E-state index in [1.165, 1.54) is 0 Å². The zero-order chi connectivity index (χ0) is 24.4. The molecule has 0 heterocycles. The topological polar surface area (TPSA) is 78.9 Å². The Balaban J connectivity index is 2.60. The summed E-state index contributed by atoms with van der Waals surface area (Å²) < 4.78 is 15.7. The van der Waals surface area contributed by atoms with Crippen LogP contribution in [0, 0.1) is 0 Å². The summed E-state index contributed by atoms with van der Waals surface area (Å²) in [5.41, 5.74) is 3.72. The van der Waals surface area contributed by atoms with E-state index in [2.05, 4.69) is 33.6 Å². The van der Waals surface area contributed by atoms with E-state index < -0.39 is 17.9 Å². The molecule has 0 saturated heterocycles. The SMILES string of the molecule is C=CC(=O)Oc1ccc(C(=C(CC)CC)c2ccc(OC(=O)C=C)c(OC(=O)C=C)c2)cc1. The summed E-state index contributed by atoms with van der Waals surface area (Å²) in [5, 5.41) is 0. The van der Waals surface area contributed by atoms with Crippen molar-refractivity contribution < 1.29 is 28.6 Å². The largest absolute Gasteiger partial charge is 0.423 e. The number of carbonyl (C=O) groups excluding carboxylic acids is 3. The van der Waals surface area contributed by atoms with Gasteiger partial charge in [0.25, 0.3) is 0 Å². The normalized spacial score (nSPS) is 9.88. The van der Waals surface area contributed by atoms with Crippen LogP contribution in [0.15, 0.2) is 86.0 Å². The number of ether oxygens (including phenoxy) is 3. The van der Waals surface area contributed by atoms with Crippen molar-refractivity contribution in [3.63, 3.8) is 0 Å². The van der Waals surface area contributed by atoms with Crippen LogP contribution >= 0.6 is 0 Å². The molecular formula is C27H26O6. The molecule has 0 aliphatic rings. The van der Waals surface area contributed by atoms with Gasteiger partial charge in [-0.2, -0.15) is 0 Å². The first-order chi connectivity index (χ1) is 15.9. The van der Waals surface area contributed by atoms with Crippen LogP contribution in [0.1, 0.15) is 37.8 Å². The quantitative estimate of drug-likeness (QED) is 0.269. The summed E-state index contributed by atoms with van der Waals surface area (Å²) in [4.78, 5) is 35.0. The number of esters is 3. The first-order valence-corrected chi connectivity index (χ1v) is 10.4. The summed E-state index contributed by atoms with van der Waals surface area (Å²) in [6, 6.07) is 12.0. The average molecular weight is 446 g/mol. The van der Waals surface area contributed by atoms with Gasteiger partial charge in [0, 0.05) is 18.2 Å². The minimum absolute atomic E-state index is 0.0770. The fourth-order valence-electron chi connectivity index (χ4n) is 3.15. The van der Waals surface area contributed by atoms with Crippen molar-refractivity contribution in [2.45, 2.75) is 26.7 Å². The fraction of sp³-hybridized carbons (Fsp3) is 0.148. The lowest BCUT2D eigenvalue weighted by Gasteiger charge is -2.17. The summed E-state index contributed by atoms with van der Waals surface area (Å²) in [6.45, 7) is 14.3. The van der Waals surface area contributed by atoms with Crippen molar-refractivity contribution >= 4 is 23.5 Å². The Morgan fingerprint density at radius 1 is 0.697 bits per heavy atom. The van der Waals surface area contributed by atoms with Crippen LogP contribution in [-0.4, -0.2) is 17.9 Å². The number of benzene rings is 2. The van der Waals surface area contributed by atoms with Crippen LogP contribution in [0.5, 0.6) is 17.2 Å². The Morgan fingerprint density at radius 2 is 1.18 bits per heavy atom. The molecule has 6 heteroatoms. The van der Waals surface area contributed by atoms with Crippen LogP contribution < -0.4 is 14.2 Å². The van der Waals surface area contributed by atoms with Crippen molar-refractivity contribution in [1.82, 2.24) is 0 Å². The van der Waals surface area contributed by atoms with Gasteiger partial charge in [0.05, 0.1) is 0 Å². The smallest absolute Gasteiger partial charge is 0.335 e. The maximum atomic E-state index is 11.9. The minimum atomic E-state index is -0.687. The highest BCUT2D eigenvalue weighted by Gasteiger charge is 2.17. The van der Waals surface area contributed by atoms with E-state index in [0.717, 1.165) is 53.3 Å². The maximum absolute atomic E-state index is 11.9. The van der Waals surface area contributed by atoms with E-state index in [-0.39, 0.29) is 11.5 Å². The second kappa shape index (κ2) is 12.0. The van der Waals surface area contributed by atoms with Gasteiger partial charge in [-0.15, -0.1) is 0 Å². The summed E-state index contributed by atoms with van der Waals surface area (Å²) in [7, 11) is 0. The average Bonchev–Trinajstić information content (AvgIpc) is 2.83. The molecule has 0 unspecified atom stereocenters. The van der Waals surface area contributed by atoms with Gasteiger partial charge in [-0.05, 0) is 53.8 Å². The third-order valence-electron chi connectivity index (χ3n) is 4.72. The van der Waals surface area contributed by atoms with Gasteiger partial charge in [-0.1, -0.05) is 57.4 Å². The van der Waals surface area contributed by atoms with Gasteiger partial charge in [0.15, 0.2) is 11.5 Å². The molecule has 2 aromatic carbocycles. The number of hydrogen-bond acceptors (Lipinski definition) is 6. The monoisotopic (exact) mass is 446 g/mol. The lowest BCUT2D eigenvalue weighted by atomic mass is 9.90. The number of allylic oxidation sites excluding steroid dienone is 1. The second-order valence-corrected chi connectivity index (χ2v) is 6.75. The fourth-order valence-corrected chi connectivity index (χ4v) is 3.15. The van der Waals surface area contributed by atoms with Crippen molar-refractivity contribution in [2.24, 2.45) is 0 Å². The molecule has 2 rings (SSSR count). The van der Waals surface area contributed by atoms with Gasteiger partial charge >= 0.3 is 17.9 Å². The Hall–Kier alpha value is -4.19. The third kappa shape index (κ3) is 6.64. The van der Waals surface area contributed by atoms with E-state index in [0.29, 0.717) is 5.75 Å². The summed E-state index contributed by atoms with van der Waals surface area (Å²) in [6.07, 6.45) is 4.71. The lowest BCUT2D eigenvalue weighted by Crippen LogP contribution is -2.09. The molecule has 0 aliphatic heterocycles. The first kappa shape index (κ1) is 25.1. The van der Waals surface area contributed by atoms with Gasteiger partial charge < -0.3 is 14.2 Å². The van der Waals surface area contributed by atoms with E-state index in [1.54, 1.807) is 30.3 Å². The lowest BCUT2D eigenvalue weighted by molar-refractivity contribution is -0.131. The van der Waals surface area contributed by atoms with E-state index >= 15 is 0 Å². The molecule has 0 spiro atoms. The Labute approximate surface area is 193 Å². The highest BCUT2D eigenvalue weighted by atomic mass is 16.6. The number of rotatable bonds is 10. The number of hydrogen-bond donors (Lipinski definition) is 0.